The highest BCUT2D eigenvalue weighted by atomic mass is 16.1. The van der Waals surface area contributed by atoms with Crippen LogP contribution in [0, 0.1) is 12.8 Å². The molecule has 2 fully saturated rings. The Morgan fingerprint density at radius 1 is 1.21 bits per heavy atom. The molecule has 1 aromatic rings. The third-order valence-corrected chi connectivity index (χ3v) is 6.35. The Labute approximate surface area is 169 Å². The summed E-state index contributed by atoms with van der Waals surface area (Å²) in [7, 11) is 0. The number of rotatable bonds is 7. The van der Waals surface area contributed by atoms with Gasteiger partial charge in [0.2, 0.25) is 12.3 Å². The summed E-state index contributed by atoms with van der Waals surface area (Å²) in [5.74, 6) is 0.595. The predicted molar refractivity (Wildman–Crippen MR) is 115 cm³/mol. The average molecular weight is 386 g/mol. The van der Waals surface area contributed by atoms with E-state index in [9.17, 15) is 9.59 Å². The van der Waals surface area contributed by atoms with Crippen molar-refractivity contribution in [1.29, 1.82) is 0 Å². The number of anilines is 2. The van der Waals surface area contributed by atoms with Gasteiger partial charge in [-0.15, -0.1) is 0 Å². The van der Waals surface area contributed by atoms with Crippen LogP contribution in [0.5, 0.6) is 0 Å². The first-order chi connectivity index (χ1) is 13.6. The van der Waals surface area contributed by atoms with Crippen molar-refractivity contribution >= 4 is 23.7 Å². The summed E-state index contributed by atoms with van der Waals surface area (Å²) in [4.78, 5) is 27.4. The highest BCUT2D eigenvalue weighted by molar-refractivity contribution is 5.89. The monoisotopic (exact) mass is 385 g/mol. The lowest BCUT2D eigenvalue weighted by Crippen LogP contribution is -2.40. The van der Waals surface area contributed by atoms with Gasteiger partial charge >= 0.3 is 0 Å². The molecule has 3 rings (SSSR count). The zero-order valence-corrected chi connectivity index (χ0v) is 17.5. The van der Waals surface area contributed by atoms with Gasteiger partial charge in [0, 0.05) is 44.0 Å². The van der Waals surface area contributed by atoms with Crippen LogP contribution in [-0.2, 0) is 9.59 Å². The molecule has 0 bridgehead atoms. The van der Waals surface area contributed by atoms with Crippen LogP contribution in [0.3, 0.4) is 0 Å². The van der Waals surface area contributed by atoms with Gasteiger partial charge in [-0.1, -0.05) is 19.3 Å². The van der Waals surface area contributed by atoms with Crippen LogP contribution in [0.2, 0.25) is 0 Å². The first-order valence-corrected chi connectivity index (χ1v) is 10.9. The Bertz CT molecular complexity index is 670. The van der Waals surface area contributed by atoms with Crippen molar-refractivity contribution < 1.29 is 9.59 Å². The number of hydrogen-bond donors (Lipinski definition) is 1. The molecule has 1 aromatic carbocycles. The molecule has 2 aliphatic rings. The Balaban J connectivity index is 1.56. The van der Waals surface area contributed by atoms with Gasteiger partial charge in [-0.25, -0.2) is 0 Å². The predicted octanol–water partition coefficient (Wildman–Crippen LogP) is 4.35. The summed E-state index contributed by atoms with van der Waals surface area (Å²) in [5.41, 5.74) is 3.32. The van der Waals surface area contributed by atoms with Crippen LogP contribution >= 0.6 is 0 Å². The summed E-state index contributed by atoms with van der Waals surface area (Å²) in [6.45, 7) is 6.68. The Kier molecular flexibility index (Phi) is 7.35. The fourth-order valence-electron chi connectivity index (χ4n) is 4.88. The SMILES string of the molecule is CC(=O)Nc1ccc(N2CCCC(CCN(C=O)C3CCCCC3)C2)c(C)c1. The molecule has 0 radical (unpaired) electrons. The molecule has 1 unspecified atom stereocenters. The van der Waals surface area contributed by atoms with Gasteiger partial charge in [0.25, 0.3) is 0 Å². The number of nitrogens with one attached hydrogen (secondary N) is 1. The number of carbonyl (C=O) groups is 2. The van der Waals surface area contributed by atoms with Crippen molar-refractivity contribution in [2.75, 3.05) is 29.9 Å². The number of benzene rings is 1. The number of amides is 2. The van der Waals surface area contributed by atoms with E-state index in [0.717, 1.165) is 38.2 Å². The van der Waals surface area contributed by atoms with Gasteiger partial charge in [-0.3, -0.25) is 9.59 Å². The molecule has 1 aliphatic heterocycles. The second kappa shape index (κ2) is 9.94. The molecule has 0 aromatic heterocycles. The molecular weight excluding hydrogens is 350 g/mol. The van der Waals surface area contributed by atoms with Crippen LogP contribution in [0.25, 0.3) is 0 Å². The van der Waals surface area contributed by atoms with E-state index in [2.05, 4.69) is 34.2 Å². The van der Waals surface area contributed by atoms with Crippen LogP contribution in [0.4, 0.5) is 11.4 Å². The second-order valence-electron chi connectivity index (χ2n) is 8.56. The first kappa shape index (κ1) is 20.7. The van der Waals surface area contributed by atoms with Crippen LogP contribution in [0.15, 0.2) is 18.2 Å². The molecule has 28 heavy (non-hydrogen) atoms. The highest BCUT2D eigenvalue weighted by Crippen LogP contribution is 2.30. The van der Waals surface area contributed by atoms with Crippen molar-refractivity contribution in [2.24, 2.45) is 5.92 Å². The number of aryl methyl sites for hydroxylation is 1. The fraction of sp³-hybridized carbons (Fsp3) is 0.652. The maximum atomic E-state index is 11.6. The molecule has 1 saturated carbocycles. The quantitative estimate of drug-likeness (QED) is 0.710. The Morgan fingerprint density at radius 3 is 2.68 bits per heavy atom. The molecule has 1 heterocycles. The molecule has 5 heteroatoms. The zero-order chi connectivity index (χ0) is 19.9. The normalized spacial score (nSPS) is 20.6. The lowest BCUT2D eigenvalue weighted by Gasteiger charge is -2.37. The molecule has 1 saturated heterocycles. The van der Waals surface area contributed by atoms with Gasteiger partial charge in [-0.05, 0) is 68.7 Å². The number of piperidine rings is 1. The van der Waals surface area contributed by atoms with E-state index < -0.39 is 0 Å². The first-order valence-electron chi connectivity index (χ1n) is 10.9. The summed E-state index contributed by atoms with van der Waals surface area (Å²) < 4.78 is 0. The third kappa shape index (κ3) is 5.49. The smallest absolute Gasteiger partial charge is 0.221 e. The number of hydrogen-bond acceptors (Lipinski definition) is 3. The summed E-state index contributed by atoms with van der Waals surface area (Å²) in [6.07, 6.45) is 10.8. The van der Waals surface area contributed by atoms with Crippen LogP contribution in [-0.4, -0.2) is 42.9 Å². The summed E-state index contributed by atoms with van der Waals surface area (Å²) in [6, 6.07) is 6.64. The maximum Gasteiger partial charge on any atom is 0.221 e. The van der Waals surface area contributed by atoms with E-state index in [4.69, 9.17) is 0 Å². The van der Waals surface area contributed by atoms with E-state index in [1.165, 1.54) is 63.1 Å². The van der Waals surface area contributed by atoms with Gasteiger partial charge in [0.1, 0.15) is 0 Å². The molecule has 1 aliphatic carbocycles. The standard InChI is InChI=1S/C23H35N3O2/c1-18-15-21(24-19(2)28)10-11-23(18)25-13-6-7-20(16-25)12-14-26(17-27)22-8-4-3-5-9-22/h10-11,15,17,20,22H,3-9,12-14,16H2,1-2H3,(H,24,28). The third-order valence-electron chi connectivity index (χ3n) is 6.35. The lowest BCUT2D eigenvalue weighted by atomic mass is 9.91. The van der Waals surface area contributed by atoms with Gasteiger partial charge in [0.15, 0.2) is 0 Å². The molecule has 5 nitrogen and oxygen atoms in total. The topological polar surface area (TPSA) is 52.7 Å². The molecule has 1 N–H and O–H groups in total. The van der Waals surface area contributed by atoms with E-state index in [1.54, 1.807) is 0 Å². The Morgan fingerprint density at radius 2 is 2.00 bits per heavy atom. The maximum absolute atomic E-state index is 11.6. The van der Waals surface area contributed by atoms with E-state index >= 15 is 0 Å². The minimum absolute atomic E-state index is 0.0390. The van der Waals surface area contributed by atoms with Gasteiger partial charge in [-0.2, -0.15) is 0 Å². The van der Waals surface area contributed by atoms with Crippen LogP contribution in [0.1, 0.15) is 63.9 Å². The van der Waals surface area contributed by atoms with Crippen molar-refractivity contribution in [1.82, 2.24) is 4.90 Å². The minimum Gasteiger partial charge on any atom is -0.371 e. The number of nitrogens with zero attached hydrogens (tertiary/aromatic N) is 2. The molecule has 1 atom stereocenters. The summed E-state index contributed by atoms with van der Waals surface area (Å²) in [5, 5.41) is 2.86. The largest absolute Gasteiger partial charge is 0.371 e. The Hall–Kier alpha value is -2.04. The van der Waals surface area contributed by atoms with Crippen molar-refractivity contribution in [3.05, 3.63) is 23.8 Å². The highest BCUT2D eigenvalue weighted by Gasteiger charge is 2.24. The molecule has 2 amide bonds. The van der Waals surface area contributed by atoms with E-state index in [1.807, 2.05) is 6.07 Å². The van der Waals surface area contributed by atoms with E-state index in [0.29, 0.717) is 12.0 Å². The van der Waals surface area contributed by atoms with Crippen LogP contribution < -0.4 is 10.2 Å². The van der Waals surface area contributed by atoms with Gasteiger partial charge in [0.05, 0.1) is 0 Å². The van der Waals surface area contributed by atoms with Crippen molar-refractivity contribution in [2.45, 2.75) is 71.3 Å². The lowest BCUT2D eigenvalue weighted by molar-refractivity contribution is -0.121. The van der Waals surface area contributed by atoms with Crippen molar-refractivity contribution in [3.63, 3.8) is 0 Å². The summed E-state index contributed by atoms with van der Waals surface area (Å²) >= 11 is 0. The molecule has 0 spiro atoms. The molecule has 154 valence electrons. The average Bonchev–Trinajstić information content (AvgIpc) is 2.69. The second-order valence-corrected chi connectivity index (χ2v) is 8.56. The number of carbonyl (C=O) groups excluding carboxylic acids is 2. The minimum atomic E-state index is -0.0390. The zero-order valence-electron chi connectivity index (χ0n) is 17.5. The fourth-order valence-corrected chi connectivity index (χ4v) is 4.88. The van der Waals surface area contributed by atoms with Crippen molar-refractivity contribution in [3.8, 4) is 0 Å². The van der Waals surface area contributed by atoms with Gasteiger partial charge < -0.3 is 15.1 Å². The van der Waals surface area contributed by atoms with E-state index in [-0.39, 0.29) is 5.91 Å². The molecular formula is C23H35N3O2.